The molecule has 0 aliphatic heterocycles. The van der Waals surface area contributed by atoms with Crippen LogP contribution < -0.4 is 10.1 Å². The lowest BCUT2D eigenvalue weighted by Crippen LogP contribution is -2.41. The van der Waals surface area contributed by atoms with Gasteiger partial charge in [-0.2, -0.15) is 0 Å². The Labute approximate surface area is 150 Å². The number of benzene rings is 1. The van der Waals surface area contributed by atoms with Gasteiger partial charge in [-0.3, -0.25) is 4.79 Å². The number of carbonyl (C=O) groups is 2. The van der Waals surface area contributed by atoms with E-state index in [-0.39, 0.29) is 5.92 Å². The molecule has 1 aromatic carbocycles. The van der Waals surface area contributed by atoms with Crippen molar-refractivity contribution in [2.75, 3.05) is 0 Å². The second-order valence-corrected chi connectivity index (χ2v) is 7.23. The molecule has 0 saturated heterocycles. The van der Waals surface area contributed by atoms with Crippen molar-refractivity contribution in [2.45, 2.75) is 39.8 Å². The van der Waals surface area contributed by atoms with Gasteiger partial charge in [-0.25, -0.2) is 9.78 Å². The summed E-state index contributed by atoms with van der Waals surface area (Å²) in [5.41, 5.74) is 1.20. The summed E-state index contributed by atoms with van der Waals surface area (Å²) >= 11 is 1.55. The third kappa shape index (κ3) is 5.86. The molecule has 1 aromatic heterocycles. The second kappa shape index (κ2) is 8.62. The molecule has 0 radical (unpaired) electrons. The number of hydrogen-bond acceptors (Lipinski definition) is 5. The van der Waals surface area contributed by atoms with Crippen LogP contribution in [0.1, 0.15) is 41.3 Å². The minimum absolute atomic E-state index is 0.164. The van der Waals surface area contributed by atoms with Gasteiger partial charge in [0.25, 0.3) is 5.91 Å². The van der Waals surface area contributed by atoms with Crippen LogP contribution in [0.5, 0.6) is 5.75 Å². The summed E-state index contributed by atoms with van der Waals surface area (Å²) < 4.78 is 5.66. The molecule has 6 nitrogen and oxygen atoms in total. The van der Waals surface area contributed by atoms with Crippen molar-refractivity contribution >= 4 is 23.2 Å². The Bertz CT molecular complexity index is 742. The van der Waals surface area contributed by atoms with Crippen LogP contribution in [0.15, 0.2) is 29.6 Å². The Hall–Kier alpha value is -2.41. The van der Waals surface area contributed by atoms with Crippen LogP contribution in [-0.2, 0) is 11.4 Å². The summed E-state index contributed by atoms with van der Waals surface area (Å²) in [5.74, 6) is -0.761. The van der Waals surface area contributed by atoms with Gasteiger partial charge in [0.1, 0.15) is 18.4 Å². The van der Waals surface area contributed by atoms with E-state index >= 15 is 0 Å². The molecule has 0 spiro atoms. The first kappa shape index (κ1) is 18.9. The van der Waals surface area contributed by atoms with Crippen LogP contribution in [0.3, 0.4) is 0 Å². The third-order valence-electron chi connectivity index (χ3n) is 3.46. The molecule has 2 rings (SSSR count). The minimum atomic E-state index is -1.03. The maximum absolute atomic E-state index is 12.3. The first-order valence-electron chi connectivity index (χ1n) is 8.02. The molecule has 0 aliphatic carbocycles. The number of nitrogens with one attached hydrogen (secondary N) is 1. The highest BCUT2D eigenvalue weighted by Crippen LogP contribution is 2.17. The van der Waals surface area contributed by atoms with Gasteiger partial charge in [-0.15, -0.1) is 11.3 Å². The lowest BCUT2D eigenvalue weighted by atomic mass is 10.0. The molecule has 2 N–H and O–H groups in total. The fourth-order valence-corrected chi connectivity index (χ4v) is 2.89. The van der Waals surface area contributed by atoms with Gasteiger partial charge in [0, 0.05) is 10.9 Å². The van der Waals surface area contributed by atoms with Crippen molar-refractivity contribution in [3.8, 4) is 5.75 Å². The molecule has 0 bridgehead atoms. The Morgan fingerprint density at radius 3 is 2.72 bits per heavy atom. The van der Waals surface area contributed by atoms with Crippen LogP contribution in [0.25, 0.3) is 0 Å². The molecule has 2 aromatic rings. The van der Waals surface area contributed by atoms with Crippen molar-refractivity contribution in [1.29, 1.82) is 0 Å². The van der Waals surface area contributed by atoms with Gasteiger partial charge >= 0.3 is 5.97 Å². The van der Waals surface area contributed by atoms with Crippen LogP contribution in [0, 0.1) is 12.8 Å². The zero-order valence-electron chi connectivity index (χ0n) is 14.5. The normalized spacial score (nSPS) is 12.0. The summed E-state index contributed by atoms with van der Waals surface area (Å²) in [4.78, 5) is 27.9. The lowest BCUT2D eigenvalue weighted by Gasteiger charge is -2.16. The van der Waals surface area contributed by atoms with Gasteiger partial charge in [-0.05, 0) is 37.5 Å². The number of rotatable bonds is 8. The van der Waals surface area contributed by atoms with Gasteiger partial charge in [0.15, 0.2) is 0 Å². The topological polar surface area (TPSA) is 88.5 Å². The number of aryl methyl sites for hydroxylation is 1. The molecule has 0 aliphatic rings. The monoisotopic (exact) mass is 362 g/mol. The molecule has 25 heavy (non-hydrogen) atoms. The maximum Gasteiger partial charge on any atom is 0.326 e. The van der Waals surface area contributed by atoms with Gasteiger partial charge < -0.3 is 15.2 Å². The fraction of sp³-hybridized carbons (Fsp3) is 0.389. The largest absolute Gasteiger partial charge is 0.487 e. The van der Waals surface area contributed by atoms with E-state index in [1.807, 2.05) is 26.2 Å². The molecular weight excluding hydrogens is 340 g/mol. The Morgan fingerprint density at radius 1 is 1.36 bits per heavy atom. The van der Waals surface area contributed by atoms with Crippen molar-refractivity contribution in [2.24, 2.45) is 5.92 Å². The third-order valence-corrected chi connectivity index (χ3v) is 4.28. The average Bonchev–Trinajstić information content (AvgIpc) is 2.97. The number of carbonyl (C=O) groups excluding carboxylic acids is 1. The predicted molar refractivity (Wildman–Crippen MR) is 96.0 cm³/mol. The van der Waals surface area contributed by atoms with Crippen LogP contribution in [-0.4, -0.2) is 28.0 Å². The van der Waals surface area contributed by atoms with Crippen molar-refractivity contribution in [3.05, 3.63) is 45.9 Å². The molecule has 1 amide bonds. The summed E-state index contributed by atoms with van der Waals surface area (Å²) in [5, 5.41) is 14.7. The highest BCUT2D eigenvalue weighted by atomic mass is 32.1. The Balaban J connectivity index is 2.01. The number of nitrogens with zero attached hydrogens (tertiary/aromatic N) is 1. The summed E-state index contributed by atoms with van der Waals surface area (Å²) in [6.45, 7) is 6.07. The molecule has 134 valence electrons. The SMILES string of the molecule is Cc1nc(COc2cccc(C(=O)N[C@@H](CC(C)C)C(=O)O)c2)cs1. The van der Waals surface area contributed by atoms with E-state index in [4.69, 9.17) is 4.74 Å². The van der Waals surface area contributed by atoms with Crippen molar-refractivity contribution < 1.29 is 19.4 Å². The van der Waals surface area contributed by atoms with E-state index in [1.165, 1.54) is 0 Å². The number of hydrogen-bond donors (Lipinski definition) is 2. The summed E-state index contributed by atoms with van der Waals surface area (Å²) in [7, 11) is 0. The maximum atomic E-state index is 12.3. The van der Waals surface area contributed by atoms with E-state index in [1.54, 1.807) is 35.6 Å². The number of aromatic nitrogens is 1. The number of ether oxygens (including phenoxy) is 1. The Kier molecular flexibility index (Phi) is 6.52. The van der Waals surface area contributed by atoms with Crippen molar-refractivity contribution in [3.63, 3.8) is 0 Å². The molecule has 0 unspecified atom stereocenters. The number of carboxylic acids is 1. The zero-order chi connectivity index (χ0) is 18.4. The van der Waals surface area contributed by atoms with E-state index in [2.05, 4.69) is 10.3 Å². The predicted octanol–water partition coefficient (Wildman–Crippen LogP) is 3.26. The molecule has 1 heterocycles. The van der Waals surface area contributed by atoms with Crippen LogP contribution in [0.4, 0.5) is 0 Å². The average molecular weight is 362 g/mol. The first-order chi connectivity index (χ1) is 11.8. The second-order valence-electron chi connectivity index (χ2n) is 6.17. The zero-order valence-corrected chi connectivity index (χ0v) is 15.3. The Morgan fingerprint density at radius 2 is 2.12 bits per heavy atom. The standard InChI is InChI=1S/C18H22N2O4S/c1-11(2)7-16(18(22)23)20-17(21)13-5-4-6-15(8-13)24-9-14-10-25-12(3)19-14/h4-6,8,10-11,16H,7,9H2,1-3H3,(H,20,21)(H,22,23)/t16-/m0/s1. The number of thiazole rings is 1. The lowest BCUT2D eigenvalue weighted by molar-refractivity contribution is -0.139. The van der Waals surface area contributed by atoms with E-state index in [9.17, 15) is 14.7 Å². The smallest absolute Gasteiger partial charge is 0.326 e. The number of aliphatic carboxylic acids is 1. The van der Waals surface area contributed by atoms with E-state index in [0.29, 0.717) is 24.3 Å². The highest BCUT2D eigenvalue weighted by Gasteiger charge is 2.21. The van der Waals surface area contributed by atoms with Gasteiger partial charge in [0.2, 0.25) is 0 Å². The highest BCUT2D eigenvalue weighted by molar-refractivity contribution is 7.09. The fourth-order valence-electron chi connectivity index (χ4n) is 2.29. The quantitative estimate of drug-likeness (QED) is 0.752. The summed E-state index contributed by atoms with van der Waals surface area (Å²) in [6, 6.07) is 5.77. The summed E-state index contributed by atoms with van der Waals surface area (Å²) in [6.07, 6.45) is 0.375. The molecule has 7 heteroatoms. The van der Waals surface area contributed by atoms with Crippen LogP contribution in [0.2, 0.25) is 0 Å². The molecule has 1 atom stereocenters. The first-order valence-corrected chi connectivity index (χ1v) is 8.90. The molecular formula is C18H22N2O4S. The van der Waals surface area contributed by atoms with E-state index < -0.39 is 17.9 Å². The molecule has 0 saturated carbocycles. The van der Waals surface area contributed by atoms with Crippen molar-refractivity contribution in [1.82, 2.24) is 10.3 Å². The van der Waals surface area contributed by atoms with Crippen LogP contribution >= 0.6 is 11.3 Å². The molecule has 0 fully saturated rings. The number of carboxylic acid groups (broad SMARTS) is 1. The van der Waals surface area contributed by atoms with E-state index in [0.717, 1.165) is 10.7 Å². The van der Waals surface area contributed by atoms with Gasteiger partial charge in [-0.1, -0.05) is 19.9 Å². The minimum Gasteiger partial charge on any atom is -0.487 e. The number of amides is 1. The van der Waals surface area contributed by atoms with Gasteiger partial charge in [0.05, 0.1) is 10.7 Å².